The summed E-state index contributed by atoms with van der Waals surface area (Å²) in [4.78, 5) is 15.8. The van der Waals surface area contributed by atoms with Crippen LogP contribution in [0.1, 0.15) is 34.1 Å². The van der Waals surface area contributed by atoms with Crippen LogP contribution in [0.2, 0.25) is 5.02 Å². The van der Waals surface area contributed by atoms with Crippen LogP contribution in [0, 0.1) is 0 Å². The van der Waals surface area contributed by atoms with Gasteiger partial charge in [-0.3, -0.25) is 9.78 Å². The van der Waals surface area contributed by atoms with Gasteiger partial charge in [-0.2, -0.15) is 0 Å². The number of amides is 1. The Labute approximate surface area is 150 Å². The molecular formula is C16H17ClN2O5S. The monoisotopic (exact) mass is 384 g/mol. The van der Waals surface area contributed by atoms with Crippen LogP contribution >= 0.6 is 11.6 Å². The van der Waals surface area contributed by atoms with Crippen LogP contribution in [0.3, 0.4) is 0 Å². The third-order valence-electron chi connectivity index (χ3n) is 3.41. The van der Waals surface area contributed by atoms with Gasteiger partial charge in [0.05, 0.1) is 29.7 Å². The van der Waals surface area contributed by atoms with Gasteiger partial charge in [-0.05, 0) is 36.2 Å². The average molecular weight is 385 g/mol. The Morgan fingerprint density at radius 1 is 1.20 bits per heavy atom. The van der Waals surface area contributed by atoms with Crippen LogP contribution < -0.4 is 4.72 Å². The number of rotatable bonds is 7. The van der Waals surface area contributed by atoms with Crippen molar-refractivity contribution in [2.45, 2.75) is 19.1 Å². The summed E-state index contributed by atoms with van der Waals surface area (Å²) in [5.74, 6) is -1.25. The van der Waals surface area contributed by atoms with Gasteiger partial charge in [0.2, 0.25) is 10.0 Å². The second-order valence-electron chi connectivity index (χ2n) is 5.30. The van der Waals surface area contributed by atoms with E-state index in [1.807, 2.05) is 4.72 Å². The van der Waals surface area contributed by atoms with Crippen molar-refractivity contribution >= 4 is 27.5 Å². The normalized spacial score (nSPS) is 12.6. The number of benzene rings is 1. The number of carbonyl (C=O) groups excluding carboxylic acids is 1. The summed E-state index contributed by atoms with van der Waals surface area (Å²) >= 11 is 5.76. The first-order chi connectivity index (χ1) is 11.8. The summed E-state index contributed by atoms with van der Waals surface area (Å²) in [5, 5.41) is 19.4. The zero-order chi connectivity index (χ0) is 18.4. The van der Waals surface area contributed by atoms with E-state index >= 15 is 0 Å². The largest absolute Gasteiger partial charge is 0.390 e. The van der Waals surface area contributed by atoms with Crippen LogP contribution in [0.4, 0.5) is 0 Å². The number of sulfonamides is 1. The topological polar surface area (TPSA) is 117 Å². The number of carbonyl (C=O) groups is 1. The number of aliphatic hydroxyl groups excluding tert-OH is 2. The predicted molar refractivity (Wildman–Crippen MR) is 92.4 cm³/mol. The maximum Gasteiger partial charge on any atom is 0.266 e. The Balaban J connectivity index is 1.94. The first-order valence-corrected chi connectivity index (χ1v) is 9.38. The van der Waals surface area contributed by atoms with Crippen LogP contribution in [-0.2, 0) is 16.6 Å². The van der Waals surface area contributed by atoms with E-state index in [4.69, 9.17) is 16.7 Å². The zero-order valence-corrected chi connectivity index (χ0v) is 14.7. The van der Waals surface area contributed by atoms with Gasteiger partial charge in [0.1, 0.15) is 0 Å². The number of aromatic nitrogens is 1. The number of pyridine rings is 1. The van der Waals surface area contributed by atoms with Crippen molar-refractivity contribution in [1.82, 2.24) is 9.71 Å². The van der Waals surface area contributed by atoms with E-state index in [-0.39, 0.29) is 18.6 Å². The Hall–Kier alpha value is -2.00. The molecule has 2 rings (SSSR count). The molecule has 1 heterocycles. The van der Waals surface area contributed by atoms with Crippen LogP contribution in [-0.4, -0.2) is 35.3 Å². The molecule has 7 nitrogen and oxygen atoms in total. The van der Waals surface area contributed by atoms with Crippen molar-refractivity contribution in [3.63, 3.8) is 0 Å². The molecule has 1 unspecified atom stereocenters. The molecule has 1 atom stereocenters. The van der Waals surface area contributed by atoms with Gasteiger partial charge in [0, 0.05) is 11.2 Å². The fourth-order valence-electron chi connectivity index (χ4n) is 2.02. The molecule has 25 heavy (non-hydrogen) atoms. The van der Waals surface area contributed by atoms with Gasteiger partial charge in [-0.25, -0.2) is 13.1 Å². The second-order valence-corrected chi connectivity index (χ2v) is 7.58. The lowest BCUT2D eigenvalue weighted by molar-refractivity contribution is 0.0980. The van der Waals surface area contributed by atoms with Crippen molar-refractivity contribution in [2.24, 2.45) is 0 Å². The second kappa shape index (κ2) is 8.39. The smallest absolute Gasteiger partial charge is 0.266 e. The van der Waals surface area contributed by atoms with Crippen LogP contribution in [0.15, 0.2) is 42.6 Å². The van der Waals surface area contributed by atoms with Gasteiger partial charge in [0.25, 0.3) is 5.91 Å². The van der Waals surface area contributed by atoms with Crippen LogP contribution in [0.25, 0.3) is 0 Å². The Bertz CT molecular complexity index is 823. The molecule has 3 N–H and O–H groups in total. The molecule has 0 fully saturated rings. The third kappa shape index (κ3) is 5.79. The van der Waals surface area contributed by atoms with Gasteiger partial charge >= 0.3 is 0 Å². The predicted octanol–water partition coefficient (Wildman–Crippen LogP) is 1.41. The minimum Gasteiger partial charge on any atom is -0.390 e. The maximum atomic E-state index is 12.0. The van der Waals surface area contributed by atoms with Gasteiger partial charge < -0.3 is 10.2 Å². The number of halogens is 1. The lowest BCUT2D eigenvalue weighted by Gasteiger charge is -2.12. The molecular weight excluding hydrogens is 368 g/mol. The number of aliphatic hydroxyl groups is 2. The summed E-state index contributed by atoms with van der Waals surface area (Å²) in [7, 11) is -3.92. The molecule has 2 aromatic rings. The lowest BCUT2D eigenvalue weighted by atomic mass is 10.1. The number of hydrogen-bond acceptors (Lipinski definition) is 6. The molecule has 1 aromatic carbocycles. The first-order valence-electron chi connectivity index (χ1n) is 7.35. The molecule has 0 aliphatic rings. The minimum absolute atomic E-state index is 0.0547. The Morgan fingerprint density at radius 3 is 2.44 bits per heavy atom. The van der Waals surface area contributed by atoms with Gasteiger partial charge in [-0.15, -0.1) is 0 Å². The van der Waals surface area contributed by atoms with Crippen LogP contribution in [0.5, 0.6) is 0 Å². The van der Waals surface area contributed by atoms with E-state index in [0.717, 1.165) is 0 Å². The molecule has 0 spiro atoms. The highest BCUT2D eigenvalue weighted by Crippen LogP contribution is 2.19. The van der Waals surface area contributed by atoms with E-state index in [1.165, 1.54) is 18.3 Å². The molecule has 9 heteroatoms. The lowest BCUT2D eigenvalue weighted by Crippen LogP contribution is -2.33. The quantitative estimate of drug-likeness (QED) is 0.664. The minimum atomic E-state index is -3.92. The standard InChI is InChI=1S/C16H17ClN2O5S/c17-13-4-1-11(2-5-13)15(21)7-8-25(23,24)19-16(22)12-3-6-14(10-20)18-9-12/h1-6,9,15,20-21H,7-8,10H2,(H,19,22). The van der Waals surface area contributed by atoms with Crippen molar-refractivity contribution in [1.29, 1.82) is 0 Å². The molecule has 1 aromatic heterocycles. The van der Waals surface area contributed by atoms with Crippen molar-refractivity contribution in [2.75, 3.05) is 5.75 Å². The molecule has 0 aliphatic heterocycles. The van der Waals surface area contributed by atoms with Gasteiger partial charge in [0.15, 0.2) is 0 Å². The first kappa shape index (κ1) is 19.3. The highest BCUT2D eigenvalue weighted by molar-refractivity contribution is 7.90. The van der Waals surface area contributed by atoms with E-state index in [2.05, 4.69) is 4.98 Å². The molecule has 1 amide bonds. The summed E-state index contributed by atoms with van der Waals surface area (Å²) in [5.41, 5.74) is 0.958. The summed E-state index contributed by atoms with van der Waals surface area (Å²) in [6, 6.07) is 9.19. The fraction of sp³-hybridized carbons (Fsp3) is 0.250. The van der Waals surface area contributed by atoms with E-state index < -0.39 is 27.8 Å². The highest BCUT2D eigenvalue weighted by Gasteiger charge is 2.19. The number of nitrogens with one attached hydrogen (secondary N) is 1. The molecule has 0 saturated carbocycles. The number of nitrogens with zero attached hydrogens (tertiary/aromatic N) is 1. The van der Waals surface area contributed by atoms with Crippen molar-refractivity contribution in [3.05, 3.63) is 64.4 Å². The zero-order valence-electron chi connectivity index (χ0n) is 13.1. The molecule has 134 valence electrons. The summed E-state index contributed by atoms with van der Waals surface area (Å²) < 4.78 is 25.9. The SMILES string of the molecule is O=C(NS(=O)(=O)CCC(O)c1ccc(Cl)cc1)c1ccc(CO)nc1. The number of hydrogen-bond donors (Lipinski definition) is 3. The summed E-state index contributed by atoms with van der Waals surface area (Å²) in [6.45, 7) is -0.275. The van der Waals surface area contributed by atoms with E-state index in [1.54, 1.807) is 24.3 Å². The average Bonchev–Trinajstić information content (AvgIpc) is 2.60. The maximum absolute atomic E-state index is 12.0. The summed E-state index contributed by atoms with van der Waals surface area (Å²) in [6.07, 6.45) is 0.111. The van der Waals surface area contributed by atoms with Gasteiger partial charge in [-0.1, -0.05) is 23.7 Å². The van der Waals surface area contributed by atoms with Crippen molar-refractivity contribution in [3.8, 4) is 0 Å². The molecule has 0 aliphatic carbocycles. The third-order valence-corrected chi connectivity index (χ3v) is 4.93. The Morgan fingerprint density at radius 2 is 1.88 bits per heavy atom. The van der Waals surface area contributed by atoms with E-state index in [9.17, 15) is 18.3 Å². The molecule has 0 radical (unpaired) electrons. The Kier molecular flexibility index (Phi) is 6.49. The highest BCUT2D eigenvalue weighted by atomic mass is 35.5. The molecule has 0 bridgehead atoms. The fourth-order valence-corrected chi connectivity index (χ4v) is 3.18. The van der Waals surface area contributed by atoms with E-state index in [0.29, 0.717) is 16.3 Å². The van der Waals surface area contributed by atoms with Crippen molar-refractivity contribution < 1.29 is 23.4 Å². The molecule has 0 saturated heterocycles.